The van der Waals surface area contributed by atoms with Gasteiger partial charge < -0.3 is 26.8 Å². The molecular formula is C26H24ClF3N10O4. The van der Waals surface area contributed by atoms with Crippen LogP contribution in [0.2, 0.25) is 5.02 Å². The summed E-state index contributed by atoms with van der Waals surface area (Å²) in [4.78, 5) is 41.4. The summed E-state index contributed by atoms with van der Waals surface area (Å²) < 4.78 is 43.4. The monoisotopic (exact) mass is 632 g/mol. The molecule has 18 heteroatoms. The highest BCUT2D eigenvalue weighted by Crippen LogP contribution is 2.37. The highest BCUT2D eigenvalue weighted by Gasteiger charge is 2.38. The van der Waals surface area contributed by atoms with Crippen LogP contribution in [-0.4, -0.2) is 66.2 Å². The van der Waals surface area contributed by atoms with Gasteiger partial charge in [-0.05, 0) is 31.0 Å². The van der Waals surface area contributed by atoms with Crippen LogP contribution in [0.5, 0.6) is 0 Å². The van der Waals surface area contributed by atoms with Crippen LogP contribution < -0.4 is 21.7 Å². The van der Waals surface area contributed by atoms with Gasteiger partial charge in [0.25, 0.3) is 12.4 Å². The number of carbonyl (C=O) groups excluding carboxylic acids is 2. The molecule has 0 radical (unpaired) electrons. The second-order valence-electron chi connectivity index (χ2n) is 9.46. The van der Waals surface area contributed by atoms with Crippen molar-refractivity contribution in [3.8, 4) is 17.3 Å². The summed E-state index contributed by atoms with van der Waals surface area (Å²) in [5.41, 5.74) is 5.17. The van der Waals surface area contributed by atoms with Crippen molar-refractivity contribution in [3.63, 3.8) is 0 Å². The number of hydrogen-bond donors (Lipinski definition) is 5. The highest BCUT2D eigenvalue weighted by molar-refractivity contribution is 6.34. The average molecular weight is 633 g/mol. The van der Waals surface area contributed by atoms with Gasteiger partial charge in [-0.25, -0.2) is 9.97 Å². The molecule has 2 amide bonds. The van der Waals surface area contributed by atoms with Gasteiger partial charge in [-0.15, -0.1) is 0 Å². The first-order valence-corrected chi connectivity index (χ1v) is 13.1. The summed E-state index contributed by atoms with van der Waals surface area (Å²) in [5.74, 6) is -0.669. The van der Waals surface area contributed by atoms with E-state index in [1.165, 1.54) is 35.1 Å². The molecule has 0 saturated heterocycles. The molecule has 0 atom stereocenters. The van der Waals surface area contributed by atoms with E-state index in [-0.39, 0.29) is 70.9 Å². The second-order valence-corrected chi connectivity index (χ2v) is 9.87. The Bertz CT molecular complexity index is 1730. The van der Waals surface area contributed by atoms with Crippen molar-refractivity contribution >= 4 is 47.0 Å². The van der Waals surface area contributed by atoms with Gasteiger partial charge >= 0.3 is 6.18 Å². The lowest BCUT2D eigenvalue weighted by Crippen LogP contribution is -2.52. The number of halogens is 4. The third-order valence-electron chi connectivity index (χ3n) is 6.39. The molecule has 1 aromatic carbocycles. The summed E-state index contributed by atoms with van der Waals surface area (Å²) in [6.07, 6.45) is 1.85. The van der Waals surface area contributed by atoms with Crippen molar-refractivity contribution in [2.75, 3.05) is 11.9 Å². The van der Waals surface area contributed by atoms with Gasteiger partial charge in [0.1, 0.15) is 6.54 Å². The normalized spacial score (nSPS) is 15.7. The molecule has 44 heavy (non-hydrogen) atoms. The molecule has 1 saturated carbocycles. The van der Waals surface area contributed by atoms with Crippen molar-refractivity contribution in [2.24, 2.45) is 5.73 Å². The van der Waals surface area contributed by atoms with Gasteiger partial charge in [0.05, 0.1) is 40.7 Å². The lowest BCUT2D eigenvalue weighted by atomic mass is 9.88. The van der Waals surface area contributed by atoms with E-state index in [9.17, 15) is 22.8 Å². The number of hydrogen-bond acceptors (Lipinski definition) is 9. The number of nitriles is 1. The minimum atomic E-state index is -4.76. The smallest absolute Gasteiger partial charge is 0.435 e. The van der Waals surface area contributed by atoms with Gasteiger partial charge in [0.15, 0.2) is 17.2 Å². The molecule has 1 aliphatic carbocycles. The lowest BCUT2D eigenvalue weighted by Gasteiger charge is -2.32. The molecular weight excluding hydrogens is 609 g/mol. The van der Waals surface area contributed by atoms with E-state index in [0.29, 0.717) is 18.5 Å². The molecule has 14 nitrogen and oxygen atoms in total. The Morgan fingerprint density at radius 1 is 1.27 bits per heavy atom. The summed E-state index contributed by atoms with van der Waals surface area (Å²) in [6, 6.07) is 6.35. The molecule has 1 fully saturated rings. The van der Waals surface area contributed by atoms with Gasteiger partial charge in [-0.1, -0.05) is 11.6 Å². The zero-order chi connectivity index (χ0) is 32.0. The minimum absolute atomic E-state index is 0.0144. The first-order chi connectivity index (χ1) is 20.9. The molecule has 0 bridgehead atoms. The fraction of sp³-hybridized carbons (Fsp3) is 0.269. The number of rotatable bonds is 8. The van der Waals surface area contributed by atoms with Gasteiger partial charge in [-0.3, -0.25) is 23.5 Å². The Hall–Kier alpha value is -5.21. The fourth-order valence-electron chi connectivity index (χ4n) is 4.41. The Morgan fingerprint density at radius 2 is 2.00 bits per heavy atom. The zero-order valence-corrected chi connectivity index (χ0v) is 23.3. The molecule has 3 heterocycles. The molecule has 0 spiro atoms. The number of benzene rings is 1. The van der Waals surface area contributed by atoms with E-state index in [2.05, 4.69) is 31.0 Å². The maximum absolute atomic E-state index is 13.7. The van der Waals surface area contributed by atoms with Crippen molar-refractivity contribution in [1.82, 2.24) is 34.8 Å². The van der Waals surface area contributed by atoms with E-state index in [1.54, 1.807) is 12.1 Å². The van der Waals surface area contributed by atoms with E-state index in [1.807, 2.05) is 0 Å². The largest absolute Gasteiger partial charge is 0.483 e. The number of anilines is 2. The Balaban J connectivity index is 0.00000141. The molecule has 4 aromatic rings. The van der Waals surface area contributed by atoms with Crippen LogP contribution in [0.15, 0.2) is 43.0 Å². The number of nitrogens with two attached hydrogens (primary N) is 1. The van der Waals surface area contributed by atoms with Crippen LogP contribution in [0.1, 0.15) is 28.9 Å². The number of carbonyl (C=O) groups is 3. The van der Waals surface area contributed by atoms with Crippen LogP contribution in [0.25, 0.3) is 16.9 Å². The number of carboxylic acid groups (broad SMARTS) is 1. The maximum atomic E-state index is 13.7. The van der Waals surface area contributed by atoms with Crippen LogP contribution >= 0.6 is 11.6 Å². The number of nitrogens with one attached hydrogen (secondary N) is 3. The van der Waals surface area contributed by atoms with E-state index >= 15 is 0 Å². The second kappa shape index (κ2) is 13.4. The van der Waals surface area contributed by atoms with Gasteiger partial charge in [0.2, 0.25) is 5.91 Å². The average Bonchev–Trinajstić information content (AvgIpc) is 3.57. The quantitative estimate of drug-likeness (QED) is 0.179. The van der Waals surface area contributed by atoms with Crippen LogP contribution in [0.3, 0.4) is 0 Å². The minimum Gasteiger partial charge on any atom is -0.483 e. The summed E-state index contributed by atoms with van der Waals surface area (Å²) in [6.45, 7) is -0.827. The molecule has 1 aliphatic rings. The Morgan fingerprint density at radius 3 is 2.64 bits per heavy atom. The van der Waals surface area contributed by atoms with Crippen molar-refractivity contribution in [1.29, 1.82) is 5.26 Å². The number of alkyl halides is 3. The summed E-state index contributed by atoms with van der Waals surface area (Å²) in [5, 5.41) is 27.7. The summed E-state index contributed by atoms with van der Waals surface area (Å²) >= 11 is 6.33. The molecule has 0 unspecified atom stereocenters. The van der Waals surface area contributed by atoms with Crippen LogP contribution in [-0.2, 0) is 22.3 Å². The number of nitrogens with zero attached hydrogens (tertiary/aromatic N) is 6. The number of amides is 2. The zero-order valence-electron chi connectivity index (χ0n) is 22.5. The number of fused-ring (bicyclic) bond motifs is 1. The molecule has 6 N–H and O–H groups in total. The van der Waals surface area contributed by atoms with Gasteiger partial charge in [-0.2, -0.15) is 23.5 Å². The first kappa shape index (κ1) is 31.7. The van der Waals surface area contributed by atoms with Crippen molar-refractivity contribution in [2.45, 2.75) is 37.6 Å². The highest BCUT2D eigenvalue weighted by atomic mass is 35.5. The van der Waals surface area contributed by atoms with E-state index < -0.39 is 17.8 Å². The topological polar surface area (TPSA) is 205 Å². The van der Waals surface area contributed by atoms with Crippen molar-refractivity contribution < 1.29 is 32.7 Å². The van der Waals surface area contributed by atoms with E-state index in [0.717, 1.165) is 10.9 Å². The molecule has 5 rings (SSSR count). The third-order valence-corrected chi connectivity index (χ3v) is 6.71. The molecule has 3 aromatic heterocycles. The Kier molecular flexibility index (Phi) is 9.66. The Labute approximate surface area is 251 Å². The van der Waals surface area contributed by atoms with E-state index in [4.69, 9.17) is 32.5 Å². The SMILES string of the molecule is N#CCn1cc(-c2cnc3c(Nc4ccc(C(=O)NCC(=O)NC5CC(N)C5)c(Cl)c4)nccn23)c(C(F)(F)F)n1.O=CO. The fourth-order valence-corrected chi connectivity index (χ4v) is 4.67. The van der Waals surface area contributed by atoms with Crippen LogP contribution in [0.4, 0.5) is 24.7 Å². The maximum Gasteiger partial charge on any atom is 0.435 e. The molecule has 0 aliphatic heterocycles. The molecule has 230 valence electrons. The lowest BCUT2D eigenvalue weighted by molar-refractivity contribution is -0.141. The predicted octanol–water partition coefficient (Wildman–Crippen LogP) is 2.57. The van der Waals surface area contributed by atoms with Gasteiger partial charge in [0, 0.05) is 36.4 Å². The van der Waals surface area contributed by atoms with Crippen molar-refractivity contribution in [3.05, 3.63) is 59.3 Å². The third kappa shape index (κ3) is 7.22. The van der Waals surface area contributed by atoms with Crippen LogP contribution in [0, 0.1) is 11.3 Å². The predicted molar refractivity (Wildman–Crippen MR) is 150 cm³/mol. The summed E-state index contributed by atoms with van der Waals surface area (Å²) in [7, 11) is 0. The number of imidazole rings is 1. The number of aromatic nitrogens is 5. The first-order valence-electron chi connectivity index (χ1n) is 12.8. The standard InChI is InChI=1S/C25H22ClF3N10O2.CH2O2/c26-18-9-14(1-2-16(18)24(41)34-11-20(40)35-15-7-13(31)8-15)36-22-23-33-10-19(39(23)6-4-32-22)17-12-38(5-3-30)37-21(17)25(27,28)29;2-1-3/h1-2,4,6,9-10,12-13,15H,5,7-8,11,31H2,(H,32,36)(H,34,41)(H,35,40);1H,(H,2,3).